The van der Waals surface area contributed by atoms with Crippen molar-refractivity contribution in [3.8, 4) is 0 Å². The van der Waals surface area contributed by atoms with E-state index in [1.54, 1.807) is 0 Å². The second-order valence-corrected chi connectivity index (χ2v) is 3.40. The molecule has 0 radical (unpaired) electrons. The van der Waals surface area contributed by atoms with E-state index in [0.29, 0.717) is 14.6 Å². The average molecular weight is 316 g/mol. The molecule has 1 aromatic heterocycles. The van der Waals surface area contributed by atoms with Gasteiger partial charge in [0.1, 0.15) is 9.52 Å². The van der Waals surface area contributed by atoms with Crippen molar-refractivity contribution in [1.82, 2.24) is 4.98 Å². The largest absolute Gasteiger partial charge is 0.250 e. The van der Waals surface area contributed by atoms with Gasteiger partial charge in [-0.3, -0.25) is 0 Å². The van der Waals surface area contributed by atoms with Crippen molar-refractivity contribution in [2.45, 2.75) is 5.33 Å². The molecule has 4 heteroatoms. The summed E-state index contributed by atoms with van der Waals surface area (Å²) in [4.78, 5) is 3.93. The Labute approximate surface area is 80.3 Å². The van der Waals surface area contributed by atoms with Crippen LogP contribution in [0.1, 0.15) is 5.56 Å². The highest BCUT2D eigenvalue weighted by Gasteiger charge is 2.00. The lowest BCUT2D eigenvalue weighted by Crippen LogP contribution is -1.89. The number of halogens is 3. The topological polar surface area (TPSA) is 12.9 Å². The van der Waals surface area contributed by atoms with E-state index in [0.717, 1.165) is 0 Å². The van der Waals surface area contributed by atoms with Crippen LogP contribution in [-0.2, 0) is 5.33 Å². The molecule has 1 rings (SSSR count). The molecule has 0 aliphatic carbocycles. The Morgan fingerprint density at radius 1 is 1.70 bits per heavy atom. The van der Waals surface area contributed by atoms with Gasteiger partial charge in [0.25, 0.3) is 0 Å². The summed E-state index contributed by atoms with van der Waals surface area (Å²) in [7, 11) is 0. The molecular weight excluding hydrogens is 312 g/mol. The zero-order chi connectivity index (χ0) is 7.56. The van der Waals surface area contributed by atoms with Gasteiger partial charge >= 0.3 is 0 Å². The molecule has 0 atom stereocenters. The highest BCUT2D eigenvalue weighted by Crippen LogP contribution is 2.11. The standard InChI is InChI=1S/C6H4BrFIN/c7-2-4-3-10-6(9)1-5(4)8/h1,3H,2H2. The summed E-state index contributed by atoms with van der Waals surface area (Å²) in [6.45, 7) is 0. The molecule has 10 heavy (non-hydrogen) atoms. The first-order chi connectivity index (χ1) is 4.74. The maximum absolute atomic E-state index is 12.8. The summed E-state index contributed by atoms with van der Waals surface area (Å²) in [6.07, 6.45) is 1.53. The second kappa shape index (κ2) is 3.61. The van der Waals surface area contributed by atoms with Crippen molar-refractivity contribution in [1.29, 1.82) is 0 Å². The summed E-state index contributed by atoms with van der Waals surface area (Å²) < 4.78 is 13.5. The highest BCUT2D eigenvalue weighted by molar-refractivity contribution is 14.1. The number of hydrogen-bond donors (Lipinski definition) is 0. The quantitative estimate of drug-likeness (QED) is 0.441. The Balaban J connectivity index is 3.07. The number of hydrogen-bond acceptors (Lipinski definition) is 1. The molecular formula is C6H4BrFIN. The molecule has 0 saturated heterocycles. The van der Waals surface area contributed by atoms with Crippen LogP contribution in [0, 0.1) is 9.52 Å². The lowest BCUT2D eigenvalue weighted by Gasteiger charge is -1.96. The van der Waals surface area contributed by atoms with E-state index in [9.17, 15) is 4.39 Å². The first-order valence-corrected chi connectivity index (χ1v) is 4.80. The van der Waals surface area contributed by atoms with Gasteiger partial charge in [0.2, 0.25) is 0 Å². The Morgan fingerprint density at radius 3 is 2.90 bits per heavy atom. The van der Waals surface area contributed by atoms with Crippen LogP contribution in [0.25, 0.3) is 0 Å². The molecule has 0 bridgehead atoms. The van der Waals surface area contributed by atoms with E-state index < -0.39 is 0 Å². The van der Waals surface area contributed by atoms with Gasteiger partial charge in [0.05, 0.1) is 0 Å². The maximum atomic E-state index is 12.8. The molecule has 1 nitrogen and oxygen atoms in total. The third-order valence-electron chi connectivity index (χ3n) is 1.04. The van der Waals surface area contributed by atoms with Crippen LogP contribution in [0.2, 0.25) is 0 Å². The van der Waals surface area contributed by atoms with Gasteiger partial charge in [-0.05, 0) is 22.6 Å². The fourth-order valence-electron chi connectivity index (χ4n) is 0.534. The fraction of sp³-hybridized carbons (Fsp3) is 0.167. The van der Waals surface area contributed by atoms with Crippen LogP contribution in [0.5, 0.6) is 0 Å². The zero-order valence-electron chi connectivity index (χ0n) is 4.94. The van der Waals surface area contributed by atoms with Gasteiger partial charge in [-0.2, -0.15) is 0 Å². The summed E-state index contributed by atoms with van der Waals surface area (Å²) in [6, 6.07) is 1.41. The molecule has 0 spiro atoms. The lowest BCUT2D eigenvalue weighted by atomic mass is 10.3. The molecule has 0 saturated carbocycles. The van der Waals surface area contributed by atoms with Crippen molar-refractivity contribution in [2.75, 3.05) is 0 Å². The predicted octanol–water partition coefficient (Wildman–Crippen LogP) is 2.72. The zero-order valence-corrected chi connectivity index (χ0v) is 8.69. The van der Waals surface area contributed by atoms with Gasteiger partial charge in [-0.25, -0.2) is 9.37 Å². The summed E-state index contributed by atoms with van der Waals surface area (Å²) >= 11 is 5.12. The molecule has 0 aromatic carbocycles. The number of rotatable bonds is 1. The lowest BCUT2D eigenvalue weighted by molar-refractivity contribution is 0.613. The summed E-state index contributed by atoms with van der Waals surface area (Å²) in [5, 5.41) is 0.517. The van der Waals surface area contributed by atoms with Crippen LogP contribution in [-0.4, -0.2) is 4.98 Å². The van der Waals surface area contributed by atoms with Gasteiger partial charge < -0.3 is 0 Å². The van der Waals surface area contributed by atoms with Crippen molar-refractivity contribution in [2.24, 2.45) is 0 Å². The second-order valence-electron chi connectivity index (χ2n) is 1.73. The van der Waals surface area contributed by atoms with E-state index in [1.807, 2.05) is 22.6 Å². The minimum Gasteiger partial charge on any atom is -0.250 e. The Hall–Kier alpha value is 0.290. The maximum Gasteiger partial charge on any atom is 0.131 e. The Bertz CT molecular complexity index is 241. The first kappa shape index (κ1) is 8.39. The van der Waals surface area contributed by atoms with Gasteiger partial charge in [-0.15, -0.1) is 0 Å². The predicted molar refractivity (Wildman–Crippen MR) is 49.5 cm³/mol. The third-order valence-corrected chi connectivity index (χ3v) is 2.23. The summed E-state index contributed by atoms with van der Waals surface area (Å²) in [5.74, 6) is -0.198. The van der Waals surface area contributed by atoms with E-state index in [2.05, 4.69) is 20.9 Å². The molecule has 0 fully saturated rings. The molecule has 0 amide bonds. The summed E-state index contributed by atoms with van der Waals surface area (Å²) in [5.41, 5.74) is 0.598. The molecule has 0 unspecified atom stereocenters. The van der Waals surface area contributed by atoms with Gasteiger partial charge in [0.15, 0.2) is 0 Å². The normalized spacial score (nSPS) is 9.90. The highest BCUT2D eigenvalue weighted by atomic mass is 127. The third kappa shape index (κ3) is 1.88. The van der Waals surface area contributed by atoms with Crippen molar-refractivity contribution in [3.63, 3.8) is 0 Å². The first-order valence-electron chi connectivity index (χ1n) is 2.60. The molecule has 0 aliphatic heterocycles. The minimum atomic E-state index is -0.198. The van der Waals surface area contributed by atoms with E-state index in [1.165, 1.54) is 12.3 Å². The number of nitrogens with zero attached hydrogens (tertiary/aromatic N) is 1. The monoisotopic (exact) mass is 315 g/mol. The number of alkyl halides is 1. The van der Waals surface area contributed by atoms with Crippen LogP contribution in [0.15, 0.2) is 12.3 Å². The Morgan fingerprint density at radius 2 is 2.40 bits per heavy atom. The number of pyridine rings is 1. The van der Waals surface area contributed by atoms with Crippen LogP contribution in [0.3, 0.4) is 0 Å². The fourth-order valence-corrected chi connectivity index (χ4v) is 1.36. The van der Waals surface area contributed by atoms with Crippen LogP contribution < -0.4 is 0 Å². The molecule has 0 aliphatic rings. The van der Waals surface area contributed by atoms with Crippen molar-refractivity contribution >= 4 is 38.5 Å². The van der Waals surface area contributed by atoms with E-state index in [-0.39, 0.29) is 5.82 Å². The van der Waals surface area contributed by atoms with Crippen molar-refractivity contribution < 1.29 is 4.39 Å². The SMILES string of the molecule is Fc1cc(I)ncc1CBr. The molecule has 0 N–H and O–H groups in total. The molecule has 54 valence electrons. The number of aromatic nitrogens is 1. The van der Waals surface area contributed by atoms with E-state index in [4.69, 9.17) is 0 Å². The van der Waals surface area contributed by atoms with Crippen molar-refractivity contribution in [3.05, 3.63) is 27.3 Å². The van der Waals surface area contributed by atoms with E-state index >= 15 is 0 Å². The van der Waals surface area contributed by atoms with Gasteiger partial charge in [-0.1, -0.05) is 15.9 Å². The molecule has 1 aromatic rings. The Kier molecular flexibility index (Phi) is 3.03. The molecule has 1 heterocycles. The van der Waals surface area contributed by atoms with Gasteiger partial charge in [0, 0.05) is 23.2 Å². The minimum absolute atomic E-state index is 0.198. The average Bonchev–Trinajstić information content (AvgIpc) is 1.88. The smallest absolute Gasteiger partial charge is 0.131 e. The van der Waals surface area contributed by atoms with Crippen LogP contribution >= 0.6 is 38.5 Å². The van der Waals surface area contributed by atoms with Crippen LogP contribution in [0.4, 0.5) is 4.39 Å².